The van der Waals surface area contributed by atoms with E-state index in [4.69, 9.17) is 22.1 Å². The first kappa shape index (κ1) is 16.2. The molecule has 0 saturated carbocycles. The molecule has 0 amide bonds. The Kier molecular flexibility index (Phi) is 4.57. The van der Waals surface area contributed by atoms with Crippen LogP contribution in [0.25, 0.3) is 0 Å². The maximum atomic E-state index is 14.6. The SMILES string of the molecule is COc1ccc(C2CN(C)C(CN)c3cc(Cl)ccc32)c(F)c1. The lowest BCUT2D eigenvalue weighted by molar-refractivity contribution is 0.222. The van der Waals surface area contributed by atoms with Crippen molar-refractivity contribution in [3.05, 3.63) is 63.9 Å². The summed E-state index contributed by atoms with van der Waals surface area (Å²) in [6.45, 7) is 1.21. The average molecular weight is 335 g/mol. The lowest BCUT2D eigenvalue weighted by Gasteiger charge is -2.39. The molecular weight excluding hydrogens is 315 g/mol. The molecule has 0 spiro atoms. The molecule has 3 rings (SSSR count). The molecular formula is C18H20ClFN2O. The summed E-state index contributed by atoms with van der Waals surface area (Å²) >= 11 is 6.16. The number of nitrogens with zero attached hydrogens (tertiary/aromatic N) is 1. The lowest BCUT2D eigenvalue weighted by atomic mass is 9.81. The number of rotatable bonds is 3. The van der Waals surface area contributed by atoms with Crippen LogP contribution in [0.2, 0.25) is 5.02 Å². The molecule has 2 N–H and O–H groups in total. The van der Waals surface area contributed by atoms with Crippen molar-refractivity contribution in [1.82, 2.24) is 4.90 Å². The fourth-order valence-electron chi connectivity index (χ4n) is 3.39. The second kappa shape index (κ2) is 6.48. The van der Waals surface area contributed by atoms with E-state index < -0.39 is 0 Å². The van der Waals surface area contributed by atoms with Crippen molar-refractivity contribution in [3.63, 3.8) is 0 Å². The van der Waals surface area contributed by atoms with Crippen LogP contribution in [0.4, 0.5) is 4.39 Å². The minimum Gasteiger partial charge on any atom is -0.497 e. The number of methoxy groups -OCH3 is 1. The predicted octanol–water partition coefficient (Wildman–Crippen LogP) is 3.56. The minimum absolute atomic E-state index is 0.0547. The molecule has 3 nitrogen and oxygen atoms in total. The number of likely N-dealkylation sites (N-methyl/N-ethyl adjacent to an activating group) is 1. The highest BCUT2D eigenvalue weighted by molar-refractivity contribution is 6.30. The van der Waals surface area contributed by atoms with E-state index in [1.807, 2.05) is 25.2 Å². The summed E-state index contributed by atoms with van der Waals surface area (Å²) in [6, 6.07) is 10.9. The van der Waals surface area contributed by atoms with Gasteiger partial charge in [0, 0.05) is 36.1 Å². The molecule has 2 unspecified atom stereocenters. The molecule has 23 heavy (non-hydrogen) atoms. The number of hydrogen-bond acceptors (Lipinski definition) is 3. The number of nitrogens with two attached hydrogens (primary N) is 1. The summed E-state index contributed by atoms with van der Waals surface area (Å²) in [7, 11) is 3.54. The molecule has 0 saturated heterocycles. The van der Waals surface area contributed by atoms with Gasteiger partial charge in [0.15, 0.2) is 0 Å². The molecule has 122 valence electrons. The molecule has 0 radical (unpaired) electrons. The third-order valence-electron chi connectivity index (χ3n) is 4.59. The standard InChI is InChI=1S/C18H20ClFN2O/c1-22-10-16(14-6-4-12(23-2)8-17(14)20)13-5-3-11(19)7-15(13)18(22)9-21/h3-8,16,18H,9-10,21H2,1-2H3. The first-order valence-corrected chi connectivity index (χ1v) is 7.96. The normalized spacial score (nSPS) is 21.1. The van der Waals surface area contributed by atoms with Crippen LogP contribution in [-0.2, 0) is 0 Å². The van der Waals surface area contributed by atoms with Gasteiger partial charge in [-0.2, -0.15) is 0 Å². The molecule has 0 aromatic heterocycles. The van der Waals surface area contributed by atoms with Crippen LogP contribution in [0.15, 0.2) is 36.4 Å². The Morgan fingerprint density at radius 1 is 1.22 bits per heavy atom. The molecule has 2 aromatic rings. The monoisotopic (exact) mass is 334 g/mol. The Balaban J connectivity index is 2.11. The summed E-state index contributed by atoms with van der Waals surface area (Å²) in [5, 5.41) is 0.673. The summed E-state index contributed by atoms with van der Waals surface area (Å²) in [5.74, 6) is 0.211. The maximum absolute atomic E-state index is 14.6. The molecule has 2 aromatic carbocycles. The topological polar surface area (TPSA) is 38.5 Å². The van der Waals surface area contributed by atoms with Gasteiger partial charge >= 0.3 is 0 Å². The molecule has 1 aliphatic heterocycles. The highest BCUT2D eigenvalue weighted by Crippen LogP contribution is 2.40. The molecule has 0 aliphatic carbocycles. The van der Waals surface area contributed by atoms with Crippen LogP contribution in [0.3, 0.4) is 0 Å². The van der Waals surface area contributed by atoms with Gasteiger partial charge < -0.3 is 10.5 Å². The van der Waals surface area contributed by atoms with Gasteiger partial charge in [0.2, 0.25) is 0 Å². The average Bonchev–Trinajstić information content (AvgIpc) is 2.54. The van der Waals surface area contributed by atoms with Crippen molar-refractivity contribution < 1.29 is 9.13 Å². The van der Waals surface area contributed by atoms with E-state index in [9.17, 15) is 4.39 Å². The van der Waals surface area contributed by atoms with Gasteiger partial charge in [-0.3, -0.25) is 4.90 Å². The van der Waals surface area contributed by atoms with Gasteiger partial charge in [-0.05, 0) is 41.9 Å². The second-order valence-corrected chi connectivity index (χ2v) is 6.34. The minimum atomic E-state index is -0.255. The van der Waals surface area contributed by atoms with Crippen LogP contribution in [0.1, 0.15) is 28.7 Å². The van der Waals surface area contributed by atoms with Crippen molar-refractivity contribution in [2.75, 3.05) is 27.2 Å². The molecule has 1 heterocycles. The van der Waals surface area contributed by atoms with Crippen LogP contribution < -0.4 is 10.5 Å². The number of benzene rings is 2. The van der Waals surface area contributed by atoms with Crippen molar-refractivity contribution >= 4 is 11.6 Å². The summed E-state index contributed by atoms with van der Waals surface area (Å²) in [4.78, 5) is 2.16. The van der Waals surface area contributed by atoms with Crippen molar-refractivity contribution in [2.45, 2.75) is 12.0 Å². The van der Waals surface area contributed by atoms with Crippen LogP contribution in [0, 0.1) is 5.82 Å². The van der Waals surface area contributed by atoms with E-state index in [2.05, 4.69) is 4.90 Å². The zero-order valence-corrected chi connectivity index (χ0v) is 14.0. The Hall–Kier alpha value is -1.62. The first-order chi connectivity index (χ1) is 11.0. The number of fused-ring (bicyclic) bond motifs is 1. The molecule has 0 bridgehead atoms. The van der Waals surface area contributed by atoms with Gasteiger partial charge in [0.05, 0.1) is 7.11 Å². The Morgan fingerprint density at radius 2 is 1.96 bits per heavy atom. The van der Waals surface area contributed by atoms with Crippen molar-refractivity contribution in [3.8, 4) is 5.75 Å². The highest BCUT2D eigenvalue weighted by atomic mass is 35.5. The second-order valence-electron chi connectivity index (χ2n) is 5.90. The van der Waals surface area contributed by atoms with Crippen molar-refractivity contribution in [1.29, 1.82) is 0 Å². The molecule has 0 fully saturated rings. The van der Waals surface area contributed by atoms with Gasteiger partial charge in [0.1, 0.15) is 11.6 Å². The van der Waals surface area contributed by atoms with Gasteiger partial charge in [-0.15, -0.1) is 0 Å². The Morgan fingerprint density at radius 3 is 2.61 bits per heavy atom. The number of halogens is 2. The van der Waals surface area contributed by atoms with E-state index in [-0.39, 0.29) is 17.8 Å². The molecule has 2 atom stereocenters. The molecule has 1 aliphatic rings. The van der Waals surface area contributed by atoms with E-state index in [1.54, 1.807) is 12.1 Å². The van der Waals surface area contributed by atoms with Gasteiger partial charge in [-0.1, -0.05) is 23.7 Å². The summed E-state index contributed by atoms with van der Waals surface area (Å²) in [5.41, 5.74) is 8.77. The number of hydrogen-bond donors (Lipinski definition) is 1. The fourth-order valence-corrected chi connectivity index (χ4v) is 3.57. The Labute approximate surface area is 140 Å². The van der Waals surface area contributed by atoms with Crippen LogP contribution in [-0.4, -0.2) is 32.1 Å². The first-order valence-electron chi connectivity index (χ1n) is 7.58. The highest BCUT2D eigenvalue weighted by Gasteiger charge is 2.32. The zero-order valence-electron chi connectivity index (χ0n) is 13.2. The Bertz CT molecular complexity index is 722. The summed E-state index contributed by atoms with van der Waals surface area (Å²) in [6.07, 6.45) is 0. The maximum Gasteiger partial charge on any atom is 0.130 e. The summed E-state index contributed by atoms with van der Waals surface area (Å²) < 4.78 is 19.6. The fraction of sp³-hybridized carbons (Fsp3) is 0.333. The van der Waals surface area contributed by atoms with Crippen LogP contribution in [0.5, 0.6) is 5.75 Å². The lowest BCUT2D eigenvalue weighted by Crippen LogP contribution is -2.39. The zero-order chi connectivity index (χ0) is 16.6. The van der Waals surface area contributed by atoms with Crippen LogP contribution >= 0.6 is 11.6 Å². The van der Waals surface area contributed by atoms with Gasteiger partial charge in [0.25, 0.3) is 0 Å². The largest absolute Gasteiger partial charge is 0.497 e. The van der Waals surface area contributed by atoms with E-state index in [0.29, 0.717) is 29.4 Å². The van der Waals surface area contributed by atoms with Crippen molar-refractivity contribution in [2.24, 2.45) is 5.73 Å². The number of ether oxygens (including phenoxy) is 1. The quantitative estimate of drug-likeness (QED) is 0.932. The third-order valence-corrected chi connectivity index (χ3v) is 4.83. The van der Waals surface area contributed by atoms with Gasteiger partial charge in [-0.25, -0.2) is 4.39 Å². The smallest absolute Gasteiger partial charge is 0.130 e. The van der Waals surface area contributed by atoms with E-state index in [1.165, 1.54) is 13.2 Å². The third kappa shape index (κ3) is 2.94. The van der Waals surface area contributed by atoms with E-state index >= 15 is 0 Å². The molecule has 5 heteroatoms. The predicted molar refractivity (Wildman–Crippen MR) is 90.7 cm³/mol. The van der Waals surface area contributed by atoms with E-state index in [0.717, 1.165) is 11.1 Å².